The fourth-order valence-electron chi connectivity index (χ4n) is 3.76. The summed E-state index contributed by atoms with van der Waals surface area (Å²) in [6, 6.07) is 13.8. The maximum Gasteiger partial charge on any atom is 0.433 e. The largest absolute Gasteiger partial charge is 0.433 e. The molecule has 32 heavy (non-hydrogen) atoms. The number of carbonyl (C=O) groups is 1. The first-order valence-electron chi connectivity index (χ1n) is 10.6. The van der Waals surface area contributed by atoms with Gasteiger partial charge in [-0.05, 0) is 23.3 Å². The van der Waals surface area contributed by atoms with Crippen LogP contribution < -0.4 is 5.32 Å². The second kappa shape index (κ2) is 8.98. The van der Waals surface area contributed by atoms with E-state index in [9.17, 15) is 18.0 Å². The molecule has 1 amide bonds. The molecule has 0 bridgehead atoms. The summed E-state index contributed by atoms with van der Waals surface area (Å²) in [4.78, 5) is 17.1. The minimum Gasteiger partial charge on any atom is -0.352 e. The van der Waals surface area contributed by atoms with Crippen molar-refractivity contribution in [2.45, 2.75) is 38.8 Å². The van der Waals surface area contributed by atoms with Crippen LogP contribution in [-0.2, 0) is 6.18 Å². The Labute approximate surface area is 183 Å². The highest BCUT2D eigenvalue weighted by Gasteiger charge is 2.36. The van der Waals surface area contributed by atoms with E-state index in [1.165, 1.54) is 0 Å². The summed E-state index contributed by atoms with van der Waals surface area (Å²) < 4.78 is 42.3. The van der Waals surface area contributed by atoms with Crippen LogP contribution in [0.3, 0.4) is 0 Å². The van der Waals surface area contributed by atoms with Gasteiger partial charge in [0.1, 0.15) is 5.56 Å². The van der Waals surface area contributed by atoms with E-state index >= 15 is 0 Å². The molecule has 4 rings (SSSR count). The van der Waals surface area contributed by atoms with E-state index in [0.29, 0.717) is 16.6 Å². The lowest BCUT2D eigenvalue weighted by Crippen LogP contribution is -2.24. The molecular weight excluding hydrogens is 417 g/mol. The molecule has 0 fully saturated rings. The monoisotopic (exact) mass is 440 g/mol. The predicted octanol–water partition coefficient (Wildman–Crippen LogP) is 5.88. The van der Waals surface area contributed by atoms with E-state index < -0.39 is 17.8 Å². The van der Waals surface area contributed by atoms with Gasteiger partial charge in [-0.2, -0.15) is 18.3 Å². The number of alkyl halides is 3. The molecule has 0 saturated heterocycles. The average molecular weight is 440 g/mol. The molecule has 2 heterocycles. The molecule has 2 aromatic carbocycles. The van der Waals surface area contributed by atoms with Crippen LogP contribution in [0, 0.1) is 0 Å². The first kappa shape index (κ1) is 21.8. The quantitative estimate of drug-likeness (QED) is 0.365. The Bertz CT molecular complexity index is 1260. The van der Waals surface area contributed by atoms with Crippen LogP contribution in [0.4, 0.5) is 13.2 Å². The van der Waals surface area contributed by atoms with E-state index in [1.807, 2.05) is 30.3 Å². The minimum atomic E-state index is -4.67. The zero-order chi connectivity index (χ0) is 22.7. The maximum absolute atomic E-state index is 13.9. The van der Waals surface area contributed by atoms with Crippen molar-refractivity contribution in [1.29, 1.82) is 0 Å². The molecule has 0 unspecified atom stereocenters. The highest BCUT2D eigenvalue weighted by atomic mass is 19.4. The summed E-state index contributed by atoms with van der Waals surface area (Å²) >= 11 is 0. The molecule has 0 radical (unpaired) electrons. The Hall–Kier alpha value is -3.42. The highest BCUT2D eigenvalue weighted by molar-refractivity contribution is 6.00. The number of aromatic nitrogens is 3. The molecule has 2 aromatic heterocycles. The van der Waals surface area contributed by atoms with E-state index in [0.717, 1.165) is 48.7 Å². The number of nitrogens with one attached hydrogen (secondary N) is 1. The lowest BCUT2D eigenvalue weighted by atomic mass is 10.0. The molecule has 166 valence electrons. The number of hydrogen-bond acceptors (Lipinski definition) is 3. The number of fused-ring (bicyclic) bond motifs is 2. The lowest BCUT2D eigenvalue weighted by Gasteiger charge is -2.13. The summed E-state index contributed by atoms with van der Waals surface area (Å²) in [5, 5.41) is 8.27. The molecule has 0 aliphatic carbocycles. The Morgan fingerprint density at radius 1 is 1.06 bits per heavy atom. The SMILES string of the molecule is CCCCCCNC(=O)c1cnn2c(C(F)(F)F)cc(-c3cccc4ccccc34)nc12. The molecule has 0 aliphatic rings. The van der Waals surface area contributed by atoms with Gasteiger partial charge in [0.15, 0.2) is 11.3 Å². The molecule has 4 aromatic rings. The lowest BCUT2D eigenvalue weighted by molar-refractivity contribution is -0.142. The highest BCUT2D eigenvalue weighted by Crippen LogP contribution is 2.34. The standard InChI is InChI=1S/C24H23F3N4O/c1-2-3-4-7-13-28-23(32)19-15-29-31-21(24(25,26)27)14-20(30-22(19)31)18-12-8-10-16-9-5-6-11-17(16)18/h5-6,8-12,14-15H,2-4,7,13H2,1H3,(H,28,32). The summed E-state index contributed by atoms with van der Waals surface area (Å²) in [6.45, 7) is 2.54. The van der Waals surface area contributed by atoms with E-state index in [2.05, 4.69) is 22.3 Å². The van der Waals surface area contributed by atoms with Crippen molar-refractivity contribution in [3.8, 4) is 11.3 Å². The third kappa shape index (κ3) is 4.30. The van der Waals surface area contributed by atoms with E-state index in [-0.39, 0.29) is 16.9 Å². The number of halogens is 3. The van der Waals surface area contributed by atoms with Gasteiger partial charge in [-0.25, -0.2) is 9.50 Å². The van der Waals surface area contributed by atoms with Gasteiger partial charge in [-0.15, -0.1) is 0 Å². The van der Waals surface area contributed by atoms with Crippen molar-refractivity contribution in [2.24, 2.45) is 0 Å². The molecule has 0 atom stereocenters. The van der Waals surface area contributed by atoms with Crippen molar-refractivity contribution in [3.05, 3.63) is 66.0 Å². The number of nitrogens with zero attached hydrogens (tertiary/aromatic N) is 3. The molecule has 0 saturated carbocycles. The fraction of sp³-hybridized carbons (Fsp3) is 0.292. The Kier molecular flexibility index (Phi) is 6.12. The van der Waals surface area contributed by atoms with Gasteiger partial charge in [0.2, 0.25) is 0 Å². The van der Waals surface area contributed by atoms with Gasteiger partial charge < -0.3 is 5.32 Å². The topological polar surface area (TPSA) is 59.3 Å². The first-order valence-corrected chi connectivity index (χ1v) is 10.6. The summed E-state index contributed by atoms with van der Waals surface area (Å²) in [6.07, 6.45) is 0.404. The first-order chi connectivity index (χ1) is 15.4. The minimum absolute atomic E-state index is 0.0214. The van der Waals surface area contributed by atoms with Crippen LogP contribution in [0.2, 0.25) is 0 Å². The number of hydrogen-bond donors (Lipinski definition) is 1. The second-order valence-corrected chi connectivity index (χ2v) is 7.66. The summed E-state index contributed by atoms with van der Waals surface area (Å²) in [7, 11) is 0. The molecule has 8 heteroatoms. The van der Waals surface area contributed by atoms with Gasteiger partial charge in [0.05, 0.1) is 11.9 Å². The van der Waals surface area contributed by atoms with Crippen LogP contribution in [0.5, 0.6) is 0 Å². The molecule has 1 N–H and O–H groups in total. The summed E-state index contributed by atoms with van der Waals surface area (Å²) in [5.74, 6) is -0.479. The van der Waals surface area contributed by atoms with Gasteiger partial charge in [0, 0.05) is 12.1 Å². The van der Waals surface area contributed by atoms with Crippen molar-refractivity contribution in [3.63, 3.8) is 0 Å². The normalized spacial score (nSPS) is 11.9. The number of unbranched alkanes of at least 4 members (excludes halogenated alkanes) is 3. The van der Waals surface area contributed by atoms with Crippen molar-refractivity contribution >= 4 is 22.3 Å². The predicted molar refractivity (Wildman–Crippen MR) is 117 cm³/mol. The van der Waals surface area contributed by atoms with Crippen molar-refractivity contribution in [1.82, 2.24) is 19.9 Å². The Morgan fingerprint density at radius 2 is 1.84 bits per heavy atom. The number of benzene rings is 2. The molecular formula is C24H23F3N4O. The molecule has 5 nitrogen and oxygen atoms in total. The zero-order valence-corrected chi connectivity index (χ0v) is 17.6. The van der Waals surface area contributed by atoms with Crippen molar-refractivity contribution < 1.29 is 18.0 Å². The second-order valence-electron chi connectivity index (χ2n) is 7.66. The molecule has 0 spiro atoms. The number of amides is 1. The van der Waals surface area contributed by atoms with E-state index in [4.69, 9.17) is 0 Å². The van der Waals surface area contributed by atoms with Crippen LogP contribution in [0.15, 0.2) is 54.7 Å². The van der Waals surface area contributed by atoms with Crippen molar-refractivity contribution in [2.75, 3.05) is 6.54 Å². The van der Waals surface area contributed by atoms with Gasteiger partial charge in [-0.1, -0.05) is 68.7 Å². The van der Waals surface area contributed by atoms with Gasteiger partial charge in [0.25, 0.3) is 5.91 Å². The van der Waals surface area contributed by atoms with Crippen LogP contribution >= 0.6 is 0 Å². The summed E-state index contributed by atoms with van der Waals surface area (Å²) in [5.41, 5.74) is -0.378. The fourth-order valence-corrected chi connectivity index (χ4v) is 3.76. The Balaban J connectivity index is 1.80. The average Bonchev–Trinajstić information content (AvgIpc) is 3.21. The van der Waals surface area contributed by atoms with E-state index in [1.54, 1.807) is 12.1 Å². The van der Waals surface area contributed by atoms with Crippen LogP contribution in [-0.4, -0.2) is 27.0 Å². The number of rotatable bonds is 7. The molecule has 0 aliphatic heterocycles. The smallest absolute Gasteiger partial charge is 0.352 e. The van der Waals surface area contributed by atoms with Gasteiger partial charge in [-0.3, -0.25) is 4.79 Å². The third-order valence-electron chi connectivity index (χ3n) is 5.39. The van der Waals surface area contributed by atoms with Crippen LogP contribution in [0.1, 0.15) is 48.7 Å². The van der Waals surface area contributed by atoms with Gasteiger partial charge >= 0.3 is 6.18 Å². The maximum atomic E-state index is 13.9. The Morgan fingerprint density at radius 3 is 2.62 bits per heavy atom. The number of carbonyl (C=O) groups excluding carboxylic acids is 1. The third-order valence-corrected chi connectivity index (χ3v) is 5.39. The van der Waals surface area contributed by atoms with Crippen LogP contribution in [0.25, 0.3) is 27.7 Å². The zero-order valence-electron chi connectivity index (χ0n) is 17.6.